The van der Waals surface area contributed by atoms with Crippen LogP contribution in [-0.2, 0) is 0 Å². The number of ether oxygens (including phenoxy) is 2. The summed E-state index contributed by atoms with van der Waals surface area (Å²) in [6.07, 6.45) is 10.6. The van der Waals surface area contributed by atoms with E-state index in [2.05, 4.69) is 26.0 Å². The molecule has 4 aromatic rings. The molecule has 0 saturated carbocycles. The van der Waals surface area contributed by atoms with Gasteiger partial charge in [0.2, 0.25) is 5.88 Å². The lowest BCUT2D eigenvalue weighted by atomic mass is 9.94. The van der Waals surface area contributed by atoms with Crippen molar-refractivity contribution in [3.05, 3.63) is 59.4 Å². The van der Waals surface area contributed by atoms with Crippen molar-refractivity contribution in [2.24, 2.45) is 0 Å². The van der Waals surface area contributed by atoms with Crippen LogP contribution < -0.4 is 19.7 Å². The number of nitrogens with one attached hydrogen (secondary N) is 1. The molecule has 5 aliphatic heterocycles. The van der Waals surface area contributed by atoms with Gasteiger partial charge in [-0.25, -0.2) is 18.2 Å². The predicted molar refractivity (Wildman–Crippen MR) is 172 cm³/mol. The first kappa shape index (κ1) is 28.8. The van der Waals surface area contributed by atoms with Gasteiger partial charge in [-0.2, -0.15) is 9.97 Å². The van der Waals surface area contributed by atoms with Gasteiger partial charge in [-0.05, 0) is 62.6 Å². The molecule has 0 aliphatic carbocycles. The van der Waals surface area contributed by atoms with Crippen molar-refractivity contribution in [1.29, 1.82) is 0 Å². The van der Waals surface area contributed by atoms with Crippen molar-refractivity contribution in [2.45, 2.75) is 68.8 Å². The summed E-state index contributed by atoms with van der Waals surface area (Å²) < 4.78 is 58.6. The Morgan fingerprint density at radius 3 is 2.91 bits per heavy atom. The first-order valence-corrected chi connectivity index (χ1v) is 16.3. The van der Waals surface area contributed by atoms with Crippen LogP contribution in [0.2, 0.25) is 0 Å². The second-order valence-electron chi connectivity index (χ2n) is 13.6. The highest BCUT2D eigenvalue weighted by Crippen LogP contribution is 2.46. The molecular formula is C36H33F3N6O2. The SMILES string of the molecule is C#Cc1c(F)ccc2cccc(-c3nc4c5c(nc(OCC67CCCN6CC(=CF)C7)nc5c3F)N3CC5CCC(N5)C3C(C)O4)c12. The van der Waals surface area contributed by atoms with Gasteiger partial charge >= 0.3 is 6.01 Å². The van der Waals surface area contributed by atoms with Crippen LogP contribution in [0.5, 0.6) is 11.9 Å². The van der Waals surface area contributed by atoms with Gasteiger partial charge in [0, 0.05) is 36.1 Å². The fourth-order valence-corrected chi connectivity index (χ4v) is 8.88. The van der Waals surface area contributed by atoms with E-state index in [-0.39, 0.29) is 65.0 Å². The van der Waals surface area contributed by atoms with E-state index in [4.69, 9.17) is 25.9 Å². The van der Waals surface area contributed by atoms with Gasteiger partial charge in [0.05, 0.1) is 23.5 Å². The number of aromatic nitrogens is 3. The summed E-state index contributed by atoms with van der Waals surface area (Å²) in [6, 6.07) is 8.56. The van der Waals surface area contributed by atoms with Crippen LogP contribution in [0.25, 0.3) is 32.9 Å². The number of fused-ring (bicyclic) bond motifs is 7. The maximum absolute atomic E-state index is 17.1. The molecule has 5 atom stereocenters. The number of anilines is 1. The van der Waals surface area contributed by atoms with Crippen LogP contribution in [0.1, 0.15) is 44.6 Å². The zero-order chi connectivity index (χ0) is 32.0. The number of nitrogens with zero attached hydrogens (tertiary/aromatic N) is 5. The second-order valence-corrected chi connectivity index (χ2v) is 13.6. The maximum atomic E-state index is 17.1. The minimum absolute atomic E-state index is 0.0101. The maximum Gasteiger partial charge on any atom is 0.319 e. The summed E-state index contributed by atoms with van der Waals surface area (Å²) in [5.41, 5.74) is 0.722. The van der Waals surface area contributed by atoms with Gasteiger partial charge in [0.1, 0.15) is 40.9 Å². The number of rotatable bonds is 4. The lowest BCUT2D eigenvalue weighted by Gasteiger charge is -2.42. The van der Waals surface area contributed by atoms with E-state index in [0.717, 1.165) is 37.8 Å². The topological polar surface area (TPSA) is 75.6 Å². The molecule has 1 N–H and O–H groups in total. The minimum atomic E-state index is -0.700. The van der Waals surface area contributed by atoms with Gasteiger partial charge in [-0.15, -0.1) is 6.42 Å². The first-order valence-electron chi connectivity index (χ1n) is 16.3. The van der Waals surface area contributed by atoms with E-state index in [1.165, 1.54) is 6.07 Å². The fourth-order valence-electron chi connectivity index (χ4n) is 8.88. The summed E-state index contributed by atoms with van der Waals surface area (Å²) in [5.74, 6) is 1.91. The zero-order valence-electron chi connectivity index (χ0n) is 25.9. The van der Waals surface area contributed by atoms with Crippen molar-refractivity contribution in [2.75, 3.05) is 31.1 Å². The van der Waals surface area contributed by atoms with Gasteiger partial charge < -0.3 is 19.7 Å². The predicted octanol–water partition coefficient (Wildman–Crippen LogP) is 5.67. The number of hydrogen-bond acceptors (Lipinski definition) is 8. The lowest BCUT2D eigenvalue weighted by molar-refractivity contribution is 0.108. The van der Waals surface area contributed by atoms with Crippen LogP contribution in [0.3, 0.4) is 0 Å². The summed E-state index contributed by atoms with van der Waals surface area (Å²) in [6.45, 7) is 4.35. The largest absolute Gasteiger partial charge is 0.472 e. The average Bonchev–Trinajstić information content (AvgIpc) is 3.74. The molecule has 11 heteroatoms. The molecule has 8 nitrogen and oxygen atoms in total. The van der Waals surface area contributed by atoms with Crippen molar-refractivity contribution in [3.8, 4) is 35.5 Å². The van der Waals surface area contributed by atoms with Crippen LogP contribution in [0.4, 0.5) is 19.0 Å². The standard InChI is InChI=1S/C36H33F3N6O2/c1-3-23-25(38)10-8-21-6-4-7-24(27(21)23)30-29(39)31-28-33(45-17-22-9-11-26(40-22)32(45)19(2)47-34(28)41-30)43-35(42-31)46-18-36-12-5-13-44(36)16-20(14-36)15-37/h1,4,6-8,10,15,19,22,26,32,40H,5,9,11-14,16-18H2,2H3. The van der Waals surface area contributed by atoms with E-state index >= 15 is 4.39 Å². The summed E-state index contributed by atoms with van der Waals surface area (Å²) in [7, 11) is 0. The average molecular weight is 639 g/mol. The highest BCUT2D eigenvalue weighted by molar-refractivity contribution is 6.03. The molecule has 0 amide bonds. The van der Waals surface area contributed by atoms with Gasteiger partial charge in [-0.3, -0.25) is 4.90 Å². The Morgan fingerprint density at radius 2 is 2.06 bits per heavy atom. The summed E-state index contributed by atoms with van der Waals surface area (Å²) >= 11 is 0. The highest BCUT2D eigenvalue weighted by Gasteiger charge is 2.49. The third kappa shape index (κ3) is 4.27. The number of terminal acetylenes is 1. The molecule has 2 bridgehead atoms. The molecule has 5 aliphatic rings. The Balaban J connectivity index is 1.24. The number of pyridine rings is 1. The quantitative estimate of drug-likeness (QED) is 0.287. The fraction of sp³-hybridized carbons (Fsp3) is 0.417. The normalized spacial score (nSPS) is 28.7. The molecule has 5 unspecified atom stereocenters. The Labute approximate surface area is 270 Å². The molecule has 2 aromatic carbocycles. The van der Waals surface area contributed by atoms with Crippen LogP contribution in [0, 0.1) is 24.0 Å². The molecule has 4 saturated heterocycles. The molecule has 7 heterocycles. The molecular weight excluding hydrogens is 605 g/mol. The second kappa shape index (κ2) is 10.6. The molecule has 4 fully saturated rings. The van der Waals surface area contributed by atoms with Crippen molar-refractivity contribution in [1.82, 2.24) is 25.2 Å². The van der Waals surface area contributed by atoms with Crippen LogP contribution in [-0.4, -0.2) is 75.9 Å². The first-order chi connectivity index (χ1) is 22.9. The van der Waals surface area contributed by atoms with E-state index in [0.29, 0.717) is 53.4 Å². The van der Waals surface area contributed by atoms with Crippen LogP contribution in [0.15, 0.2) is 42.2 Å². The summed E-state index contributed by atoms with van der Waals surface area (Å²) in [5, 5.41) is 5.14. The molecule has 9 rings (SSSR count). The smallest absolute Gasteiger partial charge is 0.319 e. The molecule has 2 aromatic heterocycles. The van der Waals surface area contributed by atoms with E-state index in [9.17, 15) is 8.78 Å². The monoisotopic (exact) mass is 638 g/mol. The Morgan fingerprint density at radius 1 is 1.17 bits per heavy atom. The Hall–Kier alpha value is -4.40. The van der Waals surface area contributed by atoms with Crippen molar-refractivity contribution >= 4 is 27.5 Å². The van der Waals surface area contributed by atoms with Gasteiger partial charge in [0.15, 0.2) is 5.82 Å². The molecule has 240 valence electrons. The number of piperazine rings is 1. The van der Waals surface area contributed by atoms with Gasteiger partial charge in [0.25, 0.3) is 0 Å². The van der Waals surface area contributed by atoms with E-state index in [1.807, 2.05) is 6.92 Å². The Kier molecular flexibility index (Phi) is 6.47. The lowest BCUT2D eigenvalue weighted by Crippen LogP contribution is -2.62. The van der Waals surface area contributed by atoms with E-state index < -0.39 is 11.6 Å². The minimum Gasteiger partial charge on any atom is -0.472 e. The van der Waals surface area contributed by atoms with Crippen molar-refractivity contribution < 1.29 is 22.6 Å². The summed E-state index contributed by atoms with van der Waals surface area (Å²) in [4.78, 5) is 18.9. The number of benzene rings is 2. The third-order valence-corrected chi connectivity index (χ3v) is 10.9. The molecule has 0 radical (unpaired) electrons. The Bertz CT molecular complexity index is 2050. The van der Waals surface area contributed by atoms with Gasteiger partial charge in [-0.1, -0.05) is 30.2 Å². The zero-order valence-corrected chi connectivity index (χ0v) is 25.9. The van der Waals surface area contributed by atoms with E-state index in [1.54, 1.807) is 24.3 Å². The number of halogens is 3. The molecule has 0 spiro atoms. The van der Waals surface area contributed by atoms with Crippen LogP contribution >= 0.6 is 0 Å². The highest BCUT2D eigenvalue weighted by atomic mass is 19.1. The molecule has 47 heavy (non-hydrogen) atoms. The van der Waals surface area contributed by atoms with Crippen molar-refractivity contribution in [3.63, 3.8) is 0 Å². The number of hydrogen-bond donors (Lipinski definition) is 1. The third-order valence-electron chi connectivity index (χ3n) is 10.9.